The Morgan fingerprint density at radius 1 is 0.941 bits per heavy atom. The molecule has 1 aliphatic rings. The fraction of sp³-hybridized carbons (Fsp3) is 1.00. The van der Waals surface area contributed by atoms with Gasteiger partial charge in [-0.1, -0.05) is 58.8 Å². The monoisotopic (exact) mass is 256 g/mol. The Balaban J connectivity index is 1.75. The third-order valence-corrected chi connectivity index (χ3v) is 5.33. The molecule has 1 aliphatic carbocycles. The molecule has 0 bridgehead atoms. The second-order valence-corrected chi connectivity index (χ2v) is 7.13. The lowest BCUT2D eigenvalue weighted by molar-refractivity contribution is 0.561. The molecule has 0 amide bonds. The van der Waals surface area contributed by atoms with Gasteiger partial charge in [-0.2, -0.15) is 11.8 Å². The summed E-state index contributed by atoms with van der Waals surface area (Å²) in [5.74, 6) is 4.93. The second-order valence-electron chi connectivity index (χ2n) is 5.98. The van der Waals surface area contributed by atoms with Crippen LogP contribution >= 0.6 is 11.8 Å². The highest BCUT2D eigenvalue weighted by Crippen LogP contribution is 2.32. The first-order valence-corrected chi connectivity index (χ1v) is 9.06. The van der Waals surface area contributed by atoms with Gasteiger partial charge in [0.1, 0.15) is 0 Å². The van der Waals surface area contributed by atoms with Crippen molar-refractivity contribution in [1.82, 2.24) is 0 Å². The zero-order valence-corrected chi connectivity index (χ0v) is 12.9. The summed E-state index contributed by atoms with van der Waals surface area (Å²) in [5.41, 5.74) is 0. The van der Waals surface area contributed by atoms with Gasteiger partial charge in [0.05, 0.1) is 0 Å². The summed E-state index contributed by atoms with van der Waals surface area (Å²) in [7, 11) is 0. The molecule has 0 heterocycles. The van der Waals surface area contributed by atoms with E-state index in [1.165, 1.54) is 75.7 Å². The van der Waals surface area contributed by atoms with E-state index in [4.69, 9.17) is 0 Å². The van der Waals surface area contributed by atoms with E-state index < -0.39 is 0 Å². The summed E-state index contributed by atoms with van der Waals surface area (Å²) >= 11 is 2.22. The van der Waals surface area contributed by atoms with Crippen LogP contribution in [-0.4, -0.2) is 11.5 Å². The second kappa shape index (κ2) is 10.3. The standard InChI is InChI=1S/C16H32S/c1-3-4-5-6-7-8-9-12-17-14-16-11-10-15(2)13-16/h15-16H,3-14H2,1-2H3/t15?,16-/m1/s1. The lowest BCUT2D eigenvalue weighted by atomic mass is 10.1. The van der Waals surface area contributed by atoms with Crippen LogP contribution in [0.2, 0.25) is 0 Å². The van der Waals surface area contributed by atoms with E-state index >= 15 is 0 Å². The third-order valence-electron chi connectivity index (χ3n) is 4.05. The molecule has 0 aliphatic heterocycles. The SMILES string of the molecule is CCCCCCCCCSC[C@@H]1CCC(C)C1. The smallest absolute Gasteiger partial charge is 0.00390 e. The van der Waals surface area contributed by atoms with E-state index in [0.717, 1.165) is 11.8 Å². The maximum absolute atomic E-state index is 2.42. The first kappa shape index (κ1) is 15.4. The highest BCUT2D eigenvalue weighted by molar-refractivity contribution is 7.99. The van der Waals surface area contributed by atoms with E-state index in [1.807, 2.05) is 0 Å². The van der Waals surface area contributed by atoms with Crippen LogP contribution in [0.1, 0.15) is 78.1 Å². The van der Waals surface area contributed by atoms with Gasteiger partial charge < -0.3 is 0 Å². The molecule has 0 aromatic carbocycles. The lowest BCUT2D eigenvalue weighted by Gasteiger charge is -2.08. The number of rotatable bonds is 10. The van der Waals surface area contributed by atoms with Crippen molar-refractivity contribution in [3.8, 4) is 0 Å². The van der Waals surface area contributed by atoms with Gasteiger partial charge in [0.25, 0.3) is 0 Å². The molecular weight excluding hydrogens is 224 g/mol. The quantitative estimate of drug-likeness (QED) is 0.438. The molecule has 0 saturated heterocycles. The maximum Gasteiger partial charge on any atom is -0.00390 e. The molecule has 1 heteroatoms. The van der Waals surface area contributed by atoms with Crippen LogP contribution in [0.3, 0.4) is 0 Å². The minimum Gasteiger partial charge on any atom is -0.162 e. The Morgan fingerprint density at radius 2 is 1.65 bits per heavy atom. The molecule has 0 aromatic rings. The van der Waals surface area contributed by atoms with Crippen LogP contribution in [-0.2, 0) is 0 Å². The molecule has 1 unspecified atom stereocenters. The molecule has 0 aromatic heterocycles. The van der Waals surface area contributed by atoms with Crippen LogP contribution < -0.4 is 0 Å². The molecule has 1 rings (SSSR count). The van der Waals surface area contributed by atoms with E-state index in [-0.39, 0.29) is 0 Å². The first-order chi connectivity index (χ1) is 8.33. The highest BCUT2D eigenvalue weighted by Gasteiger charge is 2.20. The van der Waals surface area contributed by atoms with E-state index in [2.05, 4.69) is 25.6 Å². The van der Waals surface area contributed by atoms with Crippen molar-refractivity contribution in [2.45, 2.75) is 78.1 Å². The van der Waals surface area contributed by atoms with Crippen LogP contribution in [0.15, 0.2) is 0 Å². The van der Waals surface area contributed by atoms with Gasteiger partial charge in [0, 0.05) is 0 Å². The van der Waals surface area contributed by atoms with Gasteiger partial charge in [-0.05, 0) is 42.6 Å². The Labute approximate surface area is 113 Å². The molecule has 0 radical (unpaired) electrons. The highest BCUT2D eigenvalue weighted by atomic mass is 32.2. The van der Waals surface area contributed by atoms with Gasteiger partial charge in [-0.3, -0.25) is 0 Å². The Bertz CT molecular complexity index is 167. The minimum absolute atomic E-state index is 1.01. The Morgan fingerprint density at radius 3 is 2.29 bits per heavy atom. The molecule has 17 heavy (non-hydrogen) atoms. The van der Waals surface area contributed by atoms with Crippen molar-refractivity contribution in [2.75, 3.05) is 11.5 Å². The maximum atomic E-state index is 2.42. The number of hydrogen-bond acceptors (Lipinski definition) is 1. The van der Waals surface area contributed by atoms with E-state index in [9.17, 15) is 0 Å². The molecule has 1 fully saturated rings. The average molecular weight is 256 g/mol. The molecule has 0 nitrogen and oxygen atoms in total. The molecule has 0 N–H and O–H groups in total. The predicted molar refractivity (Wildman–Crippen MR) is 81.8 cm³/mol. The third kappa shape index (κ3) is 8.13. The van der Waals surface area contributed by atoms with Crippen molar-refractivity contribution in [2.24, 2.45) is 11.8 Å². The van der Waals surface area contributed by atoms with Gasteiger partial charge in [0.15, 0.2) is 0 Å². The van der Waals surface area contributed by atoms with Crippen molar-refractivity contribution in [1.29, 1.82) is 0 Å². The van der Waals surface area contributed by atoms with Crippen LogP contribution in [0, 0.1) is 11.8 Å². The minimum atomic E-state index is 1.01. The lowest BCUT2D eigenvalue weighted by Crippen LogP contribution is -1.98. The normalized spacial score (nSPS) is 24.4. The summed E-state index contributed by atoms with van der Waals surface area (Å²) in [4.78, 5) is 0. The number of hydrogen-bond donors (Lipinski definition) is 0. The largest absolute Gasteiger partial charge is 0.162 e. The average Bonchev–Trinajstić information content (AvgIpc) is 2.73. The Hall–Kier alpha value is 0.350. The van der Waals surface area contributed by atoms with Gasteiger partial charge >= 0.3 is 0 Å². The molecule has 102 valence electrons. The molecular formula is C16H32S. The van der Waals surface area contributed by atoms with Crippen LogP contribution in [0.5, 0.6) is 0 Å². The fourth-order valence-electron chi connectivity index (χ4n) is 2.89. The summed E-state index contributed by atoms with van der Waals surface area (Å²) in [6.45, 7) is 4.71. The molecule has 1 saturated carbocycles. The summed E-state index contributed by atoms with van der Waals surface area (Å²) in [6, 6.07) is 0. The summed E-state index contributed by atoms with van der Waals surface area (Å²) in [5, 5.41) is 0. The van der Waals surface area contributed by atoms with Crippen molar-refractivity contribution >= 4 is 11.8 Å². The van der Waals surface area contributed by atoms with Gasteiger partial charge in [0.2, 0.25) is 0 Å². The zero-order chi connectivity index (χ0) is 12.3. The van der Waals surface area contributed by atoms with Gasteiger partial charge in [-0.15, -0.1) is 0 Å². The van der Waals surface area contributed by atoms with Gasteiger partial charge in [-0.25, -0.2) is 0 Å². The predicted octanol–water partition coefficient (Wildman–Crippen LogP) is 5.91. The van der Waals surface area contributed by atoms with E-state index in [1.54, 1.807) is 0 Å². The molecule has 2 atom stereocenters. The topological polar surface area (TPSA) is 0 Å². The van der Waals surface area contributed by atoms with Crippen molar-refractivity contribution in [3.63, 3.8) is 0 Å². The first-order valence-electron chi connectivity index (χ1n) is 7.90. The number of unbranched alkanes of at least 4 members (excludes halogenated alkanes) is 6. The Kier molecular flexibility index (Phi) is 9.33. The van der Waals surface area contributed by atoms with Crippen LogP contribution in [0.25, 0.3) is 0 Å². The van der Waals surface area contributed by atoms with E-state index in [0.29, 0.717) is 0 Å². The fourth-order valence-corrected chi connectivity index (χ4v) is 4.10. The molecule has 0 spiro atoms. The van der Waals surface area contributed by atoms with Crippen molar-refractivity contribution < 1.29 is 0 Å². The summed E-state index contributed by atoms with van der Waals surface area (Å²) < 4.78 is 0. The number of thioether (sulfide) groups is 1. The summed E-state index contributed by atoms with van der Waals surface area (Å²) in [6.07, 6.45) is 14.6. The zero-order valence-electron chi connectivity index (χ0n) is 12.0. The van der Waals surface area contributed by atoms with Crippen LogP contribution in [0.4, 0.5) is 0 Å². The van der Waals surface area contributed by atoms with Crippen molar-refractivity contribution in [3.05, 3.63) is 0 Å².